The lowest BCUT2D eigenvalue weighted by atomic mass is 9.80. The van der Waals surface area contributed by atoms with E-state index in [4.69, 9.17) is 10.5 Å². The highest BCUT2D eigenvalue weighted by molar-refractivity contribution is 4.83. The minimum atomic E-state index is 0.439. The Morgan fingerprint density at radius 3 is 2.47 bits per heavy atom. The van der Waals surface area contributed by atoms with Crippen LogP contribution in [0.1, 0.15) is 58.8 Å². The Morgan fingerprint density at radius 1 is 1.00 bits per heavy atom. The lowest BCUT2D eigenvalue weighted by Crippen LogP contribution is -2.40. The number of ether oxygens (including phenoxy) is 1. The molecule has 2 aliphatic carbocycles. The van der Waals surface area contributed by atoms with Crippen LogP contribution in [-0.2, 0) is 4.74 Å². The van der Waals surface area contributed by atoms with Crippen LogP contribution < -0.4 is 5.73 Å². The van der Waals surface area contributed by atoms with Crippen molar-refractivity contribution in [2.24, 2.45) is 23.5 Å². The summed E-state index contributed by atoms with van der Waals surface area (Å²) in [5, 5.41) is 0. The summed E-state index contributed by atoms with van der Waals surface area (Å²) in [5.74, 6) is 2.18. The average molecular weight is 239 g/mol. The van der Waals surface area contributed by atoms with Crippen LogP contribution in [0.2, 0.25) is 0 Å². The van der Waals surface area contributed by atoms with Crippen LogP contribution in [0.5, 0.6) is 0 Å². The van der Waals surface area contributed by atoms with Crippen molar-refractivity contribution in [1.82, 2.24) is 0 Å². The lowest BCUT2D eigenvalue weighted by molar-refractivity contribution is -0.0972. The number of hydrogen-bond donors (Lipinski definition) is 1. The fourth-order valence-corrected chi connectivity index (χ4v) is 3.54. The first-order valence-electron chi connectivity index (χ1n) is 7.56. The number of rotatable bonds is 3. The second-order valence-corrected chi connectivity index (χ2v) is 6.39. The van der Waals surface area contributed by atoms with E-state index in [1.54, 1.807) is 0 Å². The molecule has 0 bridgehead atoms. The summed E-state index contributed by atoms with van der Waals surface area (Å²) in [6.45, 7) is 5.51. The van der Waals surface area contributed by atoms with Gasteiger partial charge in [0.25, 0.3) is 0 Å². The van der Waals surface area contributed by atoms with Gasteiger partial charge in [-0.2, -0.15) is 0 Å². The number of hydrogen-bond acceptors (Lipinski definition) is 2. The van der Waals surface area contributed by atoms with Crippen LogP contribution in [0.4, 0.5) is 0 Å². The topological polar surface area (TPSA) is 35.2 Å². The van der Waals surface area contributed by atoms with Gasteiger partial charge in [-0.1, -0.05) is 33.1 Å². The fourth-order valence-electron chi connectivity index (χ4n) is 3.54. The summed E-state index contributed by atoms with van der Waals surface area (Å²) in [7, 11) is 0. The zero-order valence-electron chi connectivity index (χ0n) is 11.5. The standard InChI is InChI=1S/C15H29NO/c1-11-7-8-13(10-16)15(9-11)17-14-6-4-3-5-12(14)2/h11-15H,3-10,16H2,1-2H3. The molecule has 17 heavy (non-hydrogen) atoms. The van der Waals surface area contributed by atoms with E-state index >= 15 is 0 Å². The van der Waals surface area contributed by atoms with Crippen molar-refractivity contribution >= 4 is 0 Å². The van der Waals surface area contributed by atoms with Gasteiger partial charge in [-0.15, -0.1) is 0 Å². The van der Waals surface area contributed by atoms with Crippen molar-refractivity contribution < 1.29 is 4.74 Å². The minimum absolute atomic E-state index is 0.439. The van der Waals surface area contributed by atoms with Crippen LogP contribution in [0.15, 0.2) is 0 Å². The SMILES string of the molecule is CC1CCC(CN)C(OC2CCCCC2C)C1. The quantitative estimate of drug-likeness (QED) is 0.819. The molecule has 2 N–H and O–H groups in total. The van der Waals surface area contributed by atoms with Crippen LogP contribution in [0.3, 0.4) is 0 Å². The van der Waals surface area contributed by atoms with Gasteiger partial charge in [0, 0.05) is 0 Å². The third-order valence-corrected chi connectivity index (χ3v) is 4.88. The summed E-state index contributed by atoms with van der Waals surface area (Å²) in [4.78, 5) is 0. The fraction of sp³-hybridized carbons (Fsp3) is 1.00. The molecule has 100 valence electrons. The molecule has 0 heterocycles. The Kier molecular flexibility index (Phi) is 4.87. The molecule has 2 heteroatoms. The normalized spacial score (nSPS) is 43.6. The number of nitrogens with two attached hydrogens (primary N) is 1. The molecule has 0 radical (unpaired) electrons. The molecule has 0 aliphatic heterocycles. The molecule has 2 fully saturated rings. The summed E-state index contributed by atoms with van der Waals surface area (Å²) < 4.78 is 6.44. The van der Waals surface area contributed by atoms with Gasteiger partial charge in [-0.05, 0) is 50.0 Å². The maximum atomic E-state index is 6.44. The van der Waals surface area contributed by atoms with Crippen LogP contribution in [-0.4, -0.2) is 18.8 Å². The summed E-state index contributed by atoms with van der Waals surface area (Å²) in [6, 6.07) is 0. The zero-order chi connectivity index (χ0) is 12.3. The van der Waals surface area contributed by atoms with Crippen molar-refractivity contribution in [2.75, 3.05) is 6.54 Å². The Balaban J connectivity index is 1.90. The lowest BCUT2D eigenvalue weighted by Gasteiger charge is -2.39. The molecule has 0 aromatic carbocycles. The molecule has 0 aromatic rings. The molecular weight excluding hydrogens is 210 g/mol. The van der Waals surface area contributed by atoms with Gasteiger partial charge in [0.1, 0.15) is 0 Å². The molecule has 0 amide bonds. The molecular formula is C15H29NO. The van der Waals surface area contributed by atoms with Crippen molar-refractivity contribution in [1.29, 1.82) is 0 Å². The van der Waals surface area contributed by atoms with E-state index in [-0.39, 0.29) is 0 Å². The van der Waals surface area contributed by atoms with E-state index in [9.17, 15) is 0 Å². The maximum absolute atomic E-state index is 6.44. The van der Waals surface area contributed by atoms with Gasteiger partial charge >= 0.3 is 0 Å². The van der Waals surface area contributed by atoms with Gasteiger partial charge in [0.2, 0.25) is 0 Å². The minimum Gasteiger partial charge on any atom is -0.374 e. The van der Waals surface area contributed by atoms with E-state index in [0.717, 1.165) is 18.4 Å². The monoisotopic (exact) mass is 239 g/mol. The second kappa shape index (κ2) is 6.19. The van der Waals surface area contributed by atoms with E-state index in [2.05, 4.69) is 13.8 Å². The Labute approximate surface area is 106 Å². The second-order valence-electron chi connectivity index (χ2n) is 6.39. The Morgan fingerprint density at radius 2 is 1.76 bits per heavy atom. The molecule has 5 atom stereocenters. The van der Waals surface area contributed by atoms with Gasteiger partial charge < -0.3 is 10.5 Å². The van der Waals surface area contributed by atoms with E-state index in [1.807, 2.05) is 0 Å². The van der Waals surface area contributed by atoms with Gasteiger partial charge in [0.15, 0.2) is 0 Å². The predicted octanol–water partition coefficient (Wildman–Crippen LogP) is 3.35. The van der Waals surface area contributed by atoms with Crippen LogP contribution >= 0.6 is 0 Å². The first kappa shape index (κ1) is 13.4. The van der Waals surface area contributed by atoms with E-state index < -0.39 is 0 Å². The smallest absolute Gasteiger partial charge is 0.0621 e. The molecule has 0 saturated heterocycles. The van der Waals surface area contributed by atoms with Crippen molar-refractivity contribution in [3.8, 4) is 0 Å². The average Bonchev–Trinajstić information content (AvgIpc) is 2.32. The third kappa shape index (κ3) is 3.45. The first-order chi connectivity index (χ1) is 8.20. The van der Waals surface area contributed by atoms with E-state index in [0.29, 0.717) is 18.1 Å². The molecule has 2 nitrogen and oxygen atoms in total. The molecule has 5 unspecified atom stereocenters. The summed E-state index contributed by atoms with van der Waals surface area (Å²) in [6.07, 6.45) is 10.1. The van der Waals surface area contributed by atoms with Crippen LogP contribution in [0, 0.1) is 17.8 Å². The molecule has 0 aromatic heterocycles. The molecule has 2 aliphatic rings. The molecule has 0 spiro atoms. The highest BCUT2D eigenvalue weighted by Crippen LogP contribution is 2.34. The first-order valence-corrected chi connectivity index (χ1v) is 7.56. The zero-order valence-corrected chi connectivity index (χ0v) is 11.5. The highest BCUT2D eigenvalue weighted by Gasteiger charge is 2.32. The van der Waals surface area contributed by atoms with Gasteiger partial charge in [-0.3, -0.25) is 0 Å². The summed E-state index contributed by atoms with van der Waals surface area (Å²) in [5.41, 5.74) is 5.90. The molecule has 2 saturated carbocycles. The van der Waals surface area contributed by atoms with Gasteiger partial charge in [0.05, 0.1) is 12.2 Å². The van der Waals surface area contributed by atoms with Gasteiger partial charge in [-0.25, -0.2) is 0 Å². The summed E-state index contributed by atoms with van der Waals surface area (Å²) >= 11 is 0. The van der Waals surface area contributed by atoms with Crippen LogP contribution in [0.25, 0.3) is 0 Å². The predicted molar refractivity (Wildman–Crippen MR) is 71.9 cm³/mol. The third-order valence-electron chi connectivity index (χ3n) is 4.88. The maximum Gasteiger partial charge on any atom is 0.0621 e. The van der Waals surface area contributed by atoms with E-state index in [1.165, 1.54) is 44.9 Å². The van der Waals surface area contributed by atoms with Crippen molar-refractivity contribution in [3.63, 3.8) is 0 Å². The Bertz CT molecular complexity index is 231. The Hall–Kier alpha value is -0.0800. The largest absolute Gasteiger partial charge is 0.374 e. The van der Waals surface area contributed by atoms with Crippen molar-refractivity contribution in [2.45, 2.75) is 71.0 Å². The molecule has 2 rings (SSSR count). The van der Waals surface area contributed by atoms with Crippen molar-refractivity contribution in [3.05, 3.63) is 0 Å². The highest BCUT2D eigenvalue weighted by atomic mass is 16.5.